The Balaban J connectivity index is 0.000000646. The zero-order valence-electron chi connectivity index (χ0n) is 17.4. The van der Waals surface area contributed by atoms with Crippen LogP contribution in [0.4, 0.5) is 0 Å². The number of carbonyl (C=O) groups is 1. The molecule has 7 rings (SSSR count). The van der Waals surface area contributed by atoms with Gasteiger partial charge >= 0.3 is 0 Å². The molecule has 0 spiro atoms. The lowest BCUT2D eigenvalue weighted by Gasteiger charge is -2.56. The fourth-order valence-corrected chi connectivity index (χ4v) is 6.01. The number of fused-ring (bicyclic) bond motifs is 1. The van der Waals surface area contributed by atoms with Crippen molar-refractivity contribution in [3.8, 4) is 11.5 Å². The van der Waals surface area contributed by atoms with Crippen molar-refractivity contribution in [2.24, 2.45) is 5.92 Å². The first-order valence-corrected chi connectivity index (χ1v) is 10.8. The van der Waals surface area contributed by atoms with E-state index in [0.717, 1.165) is 24.6 Å². The molecule has 2 aromatic heterocycles. The highest BCUT2D eigenvalue weighted by Crippen LogP contribution is 2.50. The number of benzene rings is 1. The van der Waals surface area contributed by atoms with Crippen LogP contribution in [0.3, 0.4) is 0 Å². The van der Waals surface area contributed by atoms with Gasteiger partial charge in [-0.05, 0) is 17.7 Å². The number of hydrogen-bond acceptors (Lipinski definition) is 5. The van der Waals surface area contributed by atoms with Crippen LogP contribution in [0, 0.1) is 5.92 Å². The topological polar surface area (TPSA) is 74.5 Å². The molecule has 4 bridgehead atoms. The Hall–Kier alpha value is -3.03. The van der Waals surface area contributed by atoms with Crippen molar-refractivity contribution in [3.63, 3.8) is 0 Å². The van der Waals surface area contributed by atoms with Crippen LogP contribution in [-0.4, -0.2) is 75.2 Å². The Kier molecular flexibility index (Phi) is 5.29. The van der Waals surface area contributed by atoms with Gasteiger partial charge in [0.2, 0.25) is 0 Å². The van der Waals surface area contributed by atoms with Crippen LogP contribution in [0.25, 0.3) is 11.5 Å². The van der Waals surface area contributed by atoms with Crippen molar-refractivity contribution in [1.29, 1.82) is 0 Å². The minimum Gasteiger partial charge on any atom is -0.483 e. The van der Waals surface area contributed by atoms with E-state index >= 15 is 0 Å². The Bertz CT molecular complexity index is 1010. The molecule has 1 aromatic carbocycles. The first kappa shape index (κ1) is 19.9. The van der Waals surface area contributed by atoms with Gasteiger partial charge in [-0.3, -0.25) is 9.78 Å². The molecule has 3 atom stereocenters. The quantitative estimate of drug-likeness (QED) is 0.660. The van der Waals surface area contributed by atoms with Crippen LogP contribution < -0.4 is 0 Å². The molecule has 3 unspecified atom stereocenters. The average Bonchev–Trinajstić information content (AvgIpc) is 3.15. The van der Waals surface area contributed by atoms with E-state index < -0.39 is 0 Å². The van der Waals surface area contributed by atoms with Gasteiger partial charge in [-0.15, -0.1) is 0 Å². The molecule has 7 nitrogen and oxygen atoms in total. The Morgan fingerprint density at radius 3 is 2.26 bits per heavy atom. The minimum atomic E-state index is -0.250. The van der Waals surface area contributed by atoms with Crippen LogP contribution in [0.15, 0.2) is 67.1 Å². The first-order valence-electron chi connectivity index (χ1n) is 10.8. The molecule has 1 N–H and O–H groups in total. The van der Waals surface area contributed by atoms with Crippen molar-refractivity contribution in [2.45, 2.75) is 11.5 Å². The van der Waals surface area contributed by atoms with Crippen molar-refractivity contribution in [3.05, 3.63) is 72.7 Å². The molecule has 7 heteroatoms. The minimum absolute atomic E-state index is 0.0865. The van der Waals surface area contributed by atoms with Gasteiger partial charge in [0.05, 0.1) is 6.04 Å². The normalized spacial score (nSPS) is 30.8. The fourth-order valence-electron chi connectivity index (χ4n) is 6.01. The lowest BCUT2D eigenvalue weighted by molar-refractivity contribution is -0.122. The second-order valence-corrected chi connectivity index (χ2v) is 8.68. The molecule has 3 aromatic rings. The molecule has 4 saturated heterocycles. The number of imidazole rings is 1. The monoisotopic (exact) mass is 417 g/mol. The van der Waals surface area contributed by atoms with E-state index in [4.69, 9.17) is 14.9 Å². The van der Waals surface area contributed by atoms with E-state index in [0.29, 0.717) is 12.0 Å². The highest BCUT2D eigenvalue weighted by atomic mass is 16.3. The number of hydrogen-bond donors (Lipinski definition) is 1. The van der Waals surface area contributed by atoms with Crippen LogP contribution in [-0.2, 0) is 10.2 Å². The lowest BCUT2D eigenvalue weighted by Crippen LogP contribution is -2.63. The zero-order chi connectivity index (χ0) is 21.3. The van der Waals surface area contributed by atoms with E-state index in [1.165, 1.54) is 31.7 Å². The third-order valence-corrected chi connectivity index (χ3v) is 6.95. The summed E-state index contributed by atoms with van der Waals surface area (Å²) in [6.07, 6.45) is 5.99. The smallest absolute Gasteiger partial charge is 0.290 e. The summed E-state index contributed by atoms with van der Waals surface area (Å²) in [4.78, 5) is 23.1. The lowest BCUT2D eigenvalue weighted by atomic mass is 9.64. The van der Waals surface area contributed by atoms with Crippen LogP contribution in [0.1, 0.15) is 11.6 Å². The molecule has 4 aliphatic heterocycles. The van der Waals surface area contributed by atoms with E-state index in [-0.39, 0.29) is 11.9 Å². The van der Waals surface area contributed by atoms with Crippen molar-refractivity contribution in [1.82, 2.24) is 24.3 Å². The summed E-state index contributed by atoms with van der Waals surface area (Å²) in [7, 11) is 0. The van der Waals surface area contributed by atoms with E-state index in [1.54, 1.807) is 0 Å². The molecule has 6 heterocycles. The van der Waals surface area contributed by atoms with E-state index in [9.17, 15) is 0 Å². The molecule has 31 heavy (non-hydrogen) atoms. The van der Waals surface area contributed by atoms with E-state index in [1.807, 2.05) is 24.5 Å². The highest BCUT2D eigenvalue weighted by Gasteiger charge is 2.56. The summed E-state index contributed by atoms with van der Waals surface area (Å²) in [5, 5.41) is 6.89. The fraction of sp³-hybridized carbons (Fsp3) is 0.375. The third-order valence-electron chi connectivity index (χ3n) is 6.95. The molecule has 160 valence electrons. The summed E-state index contributed by atoms with van der Waals surface area (Å²) >= 11 is 0. The molecular weight excluding hydrogens is 390 g/mol. The maximum atomic E-state index is 8.36. The second-order valence-electron chi connectivity index (χ2n) is 8.68. The summed E-state index contributed by atoms with van der Waals surface area (Å²) in [6, 6.07) is 17.7. The molecule has 0 amide bonds. The van der Waals surface area contributed by atoms with Gasteiger partial charge in [0, 0.05) is 69.2 Å². The Morgan fingerprint density at radius 2 is 1.61 bits per heavy atom. The second kappa shape index (κ2) is 8.24. The van der Waals surface area contributed by atoms with Crippen LogP contribution in [0.5, 0.6) is 0 Å². The zero-order valence-corrected chi connectivity index (χ0v) is 17.4. The number of nitrogens with zero attached hydrogens (tertiary/aromatic N) is 5. The van der Waals surface area contributed by atoms with Crippen LogP contribution >= 0.6 is 0 Å². The standard InChI is InChI=1S/C23H25N5.CH2O2/c1-2-6-19(7-3-1)23-16-26-12-13-27(17-23)15-18(14-26)21(23)28-11-10-25-22(28)20-8-4-5-9-24-20;2-1-3/h1-11,18,21H,12-17H2;1H,(H,2,3). The van der Waals surface area contributed by atoms with Gasteiger partial charge in [0.25, 0.3) is 6.47 Å². The van der Waals surface area contributed by atoms with Crippen molar-refractivity contribution < 1.29 is 9.90 Å². The number of rotatable bonds is 3. The van der Waals surface area contributed by atoms with Gasteiger partial charge in [-0.2, -0.15) is 0 Å². The third kappa shape index (κ3) is 3.43. The Labute approximate surface area is 182 Å². The summed E-state index contributed by atoms with van der Waals surface area (Å²) in [5.74, 6) is 1.60. The maximum Gasteiger partial charge on any atom is 0.290 e. The highest BCUT2D eigenvalue weighted by molar-refractivity contribution is 5.50. The van der Waals surface area contributed by atoms with Crippen molar-refractivity contribution in [2.75, 3.05) is 39.3 Å². The van der Waals surface area contributed by atoms with Gasteiger partial charge in [0.1, 0.15) is 5.69 Å². The molecule has 4 fully saturated rings. The first-order chi connectivity index (χ1) is 15.2. The summed E-state index contributed by atoms with van der Waals surface area (Å²) in [5.41, 5.74) is 2.51. The maximum absolute atomic E-state index is 8.36. The summed E-state index contributed by atoms with van der Waals surface area (Å²) < 4.78 is 2.44. The number of piperidine rings is 2. The predicted octanol–water partition coefficient (Wildman–Crippen LogP) is 2.39. The largest absolute Gasteiger partial charge is 0.483 e. The van der Waals surface area contributed by atoms with Crippen LogP contribution in [0.2, 0.25) is 0 Å². The number of aromatic nitrogens is 3. The van der Waals surface area contributed by atoms with Crippen molar-refractivity contribution >= 4 is 6.47 Å². The average molecular weight is 418 g/mol. The molecule has 0 radical (unpaired) electrons. The van der Waals surface area contributed by atoms with Gasteiger partial charge in [-0.25, -0.2) is 4.98 Å². The van der Waals surface area contributed by atoms with Gasteiger partial charge in [0.15, 0.2) is 5.82 Å². The van der Waals surface area contributed by atoms with Gasteiger partial charge < -0.3 is 19.5 Å². The molecule has 4 aliphatic rings. The Morgan fingerprint density at radius 1 is 0.935 bits per heavy atom. The van der Waals surface area contributed by atoms with E-state index in [2.05, 4.69) is 61.9 Å². The SMILES string of the molecule is O=CO.c1ccc(C23CN4CCN(CC(C4)C2n2ccnc2-c2ccccn2)C3)cc1. The molecule has 0 saturated carbocycles. The molecular formula is C24H27N5O2. The number of carboxylic acid groups (broad SMARTS) is 1. The van der Waals surface area contributed by atoms with Gasteiger partial charge in [-0.1, -0.05) is 36.4 Å². The summed E-state index contributed by atoms with van der Waals surface area (Å²) in [6.45, 7) is 6.72. The number of pyridine rings is 1. The molecule has 0 aliphatic carbocycles. The predicted molar refractivity (Wildman–Crippen MR) is 118 cm³/mol.